The first-order chi connectivity index (χ1) is 7.47. The third-order valence-electron chi connectivity index (χ3n) is 1.09. The molecule has 0 amide bonds. The molecule has 0 unspecified atom stereocenters. The number of rotatable bonds is 7. The Morgan fingerprint density at radius 3 is 1.81 bits per heavy atom. The van der Waals surface area contributed by atoms with Crippen LogP contribution in [0.5, 0.6) is 0 Å². The van der Waals surface area contributed by atoms with Gasteiger partial charge in [0, 0.05) is 12.2 Å². The zero-order valence-corrected chi connectivity index (χ0v) is 9.35. The van der Waals surface area contributed by atoms with Crippen LogP contribution in [-0.4, -0.2) is 18.5 Å². The molecular formula is C9H11O6P. The topological polar surface area (TPSA) is 78.9 Å². The summed E-state index contributed by atoms with van der Waals surface area (Å²) in [5.74, 6) is -2.08. The van der Waals surface area contributed by atoms with Gasteiger partial charge in [0.05, 0.1) is 6.61 Å². The van der Waals surface area contributed by atoms with Gasteiger partial charge >= 0.3 is 19.8 Å². The lowest BCUT2D eigenvalue weighted by molar-refractivity contribution is -0.135. The Bertz CT molecular complexity index is 333. The van der Waals surface area contributed by atoms with Crippen LogP contribution in [0.1, 0.15) is 0 Å². The molecule has 88 valence electrons. The van der Waals surface area contributed by atoms with E-state index in [1.54, 1.807) is 0 Å². The first kappa shape index (κ1) is 14.3. The minimum atomic E-state index is -4.29. The van der Waals surface area contributed by atoms with Gasteiger partial charge in [0.1, 0.15) is 0 Å². The van der Waals surface area contributed by atoms with Gasteiger partial charge < -0.3 is 9.05 Å². The summed E-state index contributed by atoms with van der Waals surface area (Å²) in [6.45, 7) is 9.26. The molecule has 0 bridgehead atoms. The van der Waals surface area contributed by atoms with Crippen molar-refractivity contribution in [3.63, 3.8) is 0 Å². The van der Waals surface area contributed by atoms with E-state index >= 15 is 0 Å². The van der Waals surface area contributed by atoms with Crippen molar-refractivity contribution >= 4 is 19.8 Å². The van der Waals surface area contributed by atoms with Crippen LogP contribution in [0.4, 0.5) is 0 Å². The first-order valence-corrected chi connectivity index (χ1v) is 5.51. The predicted octanol–water partition coefficient (Wildman–Crippen LogP) is 1.76. The molecule has 0 fully saturated rings. The van der Waals surface area contributed by atoms with Crippen molar-refractivity contribution in [1.82, 2.24) is 0 Å². The minimum absolute atomic E-state index is 0.216. The number of carbonyl (C=O) groups is 2. The van der Waals surface area contributed by atoms with Crippen molar-refractivity contribution in [1.29, 1.82) is 0 Å². The highest BCUT2D eigenvalue weighted by Crippen LogP contribution is 2.49. The molecule has 0 atom stereocenters. The fourth-order valence-electron chi connectivity index (χ4n) is 0.510. The normalized spacial score (nSPS) is 10.0. The Morgan fingerprint density at radius 1 is 1.06 bits per heavy atom. The number of phosphoric acid groups is 1. The third-order valence-corrected chi connectivity index (χ3v) is 2.36. The molecule has 0 rings (SSSR count). The van der Waals surface area contributed by atoms with Crippen LogP contribution in [0.3, 0.4) is 0 Å². The maximum absolute atomic E-state index is 11.7. The number of hydrogen-bond donors (Lipinski definition) is 0. The summed E-state index contributed by atoms with van der Waals surface area (Å²) in [5.41, 5.74) is 0. The smallest absolute Gasteiger partial charge is 0.358 e. The standard InChI is InChI=1S/C9H11O6P/c1-4-7-13-16(12,14-8(10)5-2)15-9(11)6-3/h4-6H,1-3,7H2. The van der Waals surface area contributed by atoms with Crippen molar-refractivity contribution in [3.8, 4) is 0 Å². The Labute approximate surface area is 92.8 Å². The second-order valence-electron chi connectivity index (χ2n) is 2.26. The Hall–Kier alpha value is -1.65. The Morgan fingerprint density at radius 2 is 1.50 bits per heavy atom. The Kier molecular flexibility index (Phi) is 6.07. The molecule has 0 aliphatic rings. The van der Waals surface area contributed by atoms with E-state index in [1.807, 2.05) is 0 Å². The monoisotopic (exact) mass is 246 g/mol. The van der Waals surface area contributed by atoms with E-state index in [2.05, 4.69) is 33.3 Å². The van der Waals surface area contributed by atoms with Crippen molar-refractivity contribution in [2.75, 3.05) is 6.61 Å². The van der Waals surface area contributed by atoms with Crippen molar-refractivity contribution in [3.05, 3.63) is 38.0 Å². The quantitative estimate of drug-likeness (QED) is 0.387. The maximum Gasteiger partial charge on any atom is 0.592 e. The molecule has 0 heterocycles. The van der Waals surface area contributed by atoms with E-state index in [1.165, 1.54) is 6.08 Å². The average molecular weight is 246 g/mol. The summed E-state index contributed by atoms with van der Waals surface area (Å²) in [6.07, 6.45) is 2.76. The van der Waals surface area contributed by atoms with Crippen LogP contribution >= 0.6 is 7.82 Å². The third kappa shape index (κ3) is 5.29. The fraction of sp³-hybridized carbons (Fsp3) is 0.111. The Balaban J connectivity index is 4.72. The van der Waals surface area contributed by atoms with E-state index in [0.717, 1.165) is 12.2 Å². The lowest BCUT2D eigenvalue weighted by Gasteiger charge is -2.14. The SMILES string of the molecule is C=CCOP(=O)(OC(=O)C=C)OC(=O)C=C. The molecule has 0 aliphatic carbocycles. The van der Waals surface area contributed by atoms with Gasteiger partial charge in [0.15, 0.2) is 0 Å². The fourth-order valence-corrected chi connectivity index (χ4v) is 1.53. The molecule has 7 heteroatoms. The summed E-state index contributed by atoms with van der Waals surface area (Å²) in [4.78, 5) is 21.6. The summed E-state index contributed by atoms with van der Waals surface area (Å²) in [5, 5.41) is 0. The molecular weight excluding hydrogens is 235 g/mol. The second-order valence-corrected chi connectivity index (χ2v) is 3.78. The van der Waals surface area contributed by atoms with Crippen molar-refractivity contribution < 1.29 is 27.7 Å². The van der Waals surface area contributed by atoms with Gasteiger partial charge in [0.2, 0.25) is 0 Å². The summed E-state index contributed by atoms with van der Waals surface area (Å²) < 4.78 is 24.8. The molecule has 0 spiro atoms. The minimum Gasteiger partial charge on any atom is -0.358 e. The molecule has 0 N–H and O–H groups in total. The van der Waals surface area contributed by atoms with Gasteiger partial charge in [-0.25, -0.2) is 14.2 Å². The second kappa shape index (κ2) is 6.76. The molecule has 0 aromatic heterocycles. The summed E-state index contributed by atoms with van der Waals surface area (Å²) >= 11 is 0. The van der Waals surface area contributed by atoms with Crippen LogP contribution < -0.4 is 0 Å². The number of hydrogen-bond acceptors (Lipinski definition) is 6. The lowest BCUT2D eigenvalue weighted by atomic mass is 10.7. The van der Waals surface area contributed by atoms with Gasteiger partial charge in [-0.2, -0.15) is 0 Å². The van der Waals surface area contributed by atoms with Gasteiger partial charge in [-0.3, -0.25) is 4.52 Å². The highest BCUT2D eigenvalue weighted by atomic mass is 31.2. The molecule has 0 aliphatic heterocycles. The lowest BCUT2D eigenvalue weighted by Crippen LogP contribution is -2.08. The van der Waals surface area contributed by atoms with Gasteiger partial charge in [-0.05, 0) is 0 Å². The zero-order chi connectivity index (χ0) is 12.6. The number of carbonyl (C=O) groups excluding carboxylic acids is 2. The van der Waals surface area contributed by atoms with Crippen LogP contribution in [0, 0.1) is 0 Å². The summed E-state index contributed by atoms with van der Waals surface area (Å²) in [7, 11) is -4.29. The molecule has 0 radical (unpaired) electrons. The van der Waals surface area contributed by atoms with Crippen molar-refractivity contribution in [2.24, 2.45) is 0 Å². The number of phosphoric ester groups is 1. The molecule has 6 nitrogen and oxygen atoms in total. The highest BCUT2D eigenvalue weighted by molar-refractivity contribution is 7.49. The van der Waals surface area contributed by atoms with Gasteiger partial charge in [0.25, 0.3) is 0 Å². The van der Waals surface area contributed by atoms with E-state index in [0.29, 0.717) is 0 Å². The molecule has 0 aromatic carbocycles. The van der Waals surface area contributed by atoms with E-state index in [9.17, 15) is 14.2 Å². The van der Waals surface area contributed by atoms with E-state index < -0.39 is 19.8 Å². The van der Waals surface area contributed by atoms with Crippen LogP contribution in [0.15, 0.2) is 38.0 Å². The van der Waals surface area contributed by atoms with E-state index in [4.69, 9.17) is 0 Å². The predicted molar refractivity (Wildman–Crippen MR) is 56.3 cm³/mol. The van der Waals surface area contributed by atoms with Crippen LogP contribution in [0.2, 0.25) is 0 Å². The highest BCUT2D eigenvalue weighted by Gasteiger charge is 2.33. The first-order valence-electron chi connectivity index (χ1n) is 4.05. The molecule has 16 heavy (non-hydrogen) atoms. The van der Waals surface area contributed by atoms with Crippen molar-refractivity contribution in [2.45, 2.75) is 0 Å². The van der Waals surface area contributed by atoms with Gasteiger partial charge in [-0.15, -0.1) is 6.58 Å². The van der Waals surface area contributed by atoms with Gasteiger partial charge in [-0.1, -0.05) is 19.2 Å². The van der Waals surface area contributed by atoms with Crippen LogP contribution in [-0.2, 0) is 27.7 Å². The van der Waals surface area contributed by atoms with E-state index in [-0.39, 0.29) is 6.61 Å². The van der Waals surface area contributed by atoms with Crippen LogP contribution in [0.25, 0.3) is 0 Å². The molecule has 0 saturated carbocycles. The average Bonchev–Trinajstić information content (AvgIpc) is 2.25. The largest absolute Gasteiger partial charge is 0.592 e. The maximum atomic E-state index is 11.7. The molecule has 0 saturated heterocycles. The molecule has 0 aromatic rings. The summed E-state index contributed by atoms with van der Waals surface area (Å²) in [6, 6.07) is 0. The zero-order valence-electron chi connectivity index (χ0n) is 8.46.